The van der Waals surface area contributed by atoms with Gasteiger partial charge in [-0.15, -0.1) is 10.2 Å². The van der Waals surface area contributed by atoms with E-state index in [-0.39, 0.29) is 24.4 Å². The van der Waals surface area contributed by atoms with Crippen LogP contribution in [0.1, 0.15) is 64.0 Å². The molecule has 1 atom stereocenters. The second kappa shape index (κ2) is 16.1. The lowest BCUT2D eigenvalue weighted by molar-refractivity contribution is -0.142. The normalized spacial score (nSPS) is 14.3. The molecule has 1 aliphatic carbocycles. The molecule has 0 radical (unpaired) electrons. The molecule has 0 aliphatic heterocycles. The first-order valence-corrected chi connectivity index (χ1v) is 15.4. The maximum atomic E-state index is 14.0. The predicted molar refractivity (Wildman–Crippen MR) is 165 cm³/mol. The fourth-order valence-corrected chi connectivity index (χ4v) is 5.66. The van der Waals surface area contributed by atoms with Gasteiger partial charge in [-0.05, 0) is 80.0 Å². The first kappa shape index (κ1) is 32.8. The maximum Gasteiger partial charge on any atom is 0.247 e. The molecule has 1 aliphatic rings. The number of hydrogen-bond acceptors (Lipinski definition) is 8. The maximum absolute atomic E-state index is 14.0. The average molecular weight is 610 g/mol. The third-order valence-electron chi connectivity index (χ3n) is 8.16. The second-order valence-electron chi connectivity index (χ2n) is 11.0. The van der Waals surface area contributed by atoms with Crippen molar-refractivity contribution >= 4 is 11.8 Å². The summed E-state index contributed by atoms with van der Waals surface area (Å²) < 4.78 is 24.6. The van der Waals surface area contributed by atoms with E-state index in [1.165, 1.54) is 16.9 Å². The van der Waals surface area contributed by atoms with Gasteiger partial charge in [0.25, 0.3) is 0 Å². The van der Waals surface area contributed by atoms with Crippen molar-refractivity contribution in [2.75, 3.05) is 40.4 Å². The molecule has 0 saturated heterocycles. The number of carbonyl (C=O) groups excluding carboxylic acids is 2. The highest BCUT2D eigenvalue weighted by Crippen LogP contribution is 2.31. The number of halogens is 1. The van der Waals surface area contributed by atoms with Crippen LogP contribution >= 0.6 is 0 Å². The molecule has 12 heteroatoms. The molecule has 2 amide bonds. The van der Waals surface area contributed by atoms with Gasteiger partial charge in [0.2, 0.25) is 17.6 Å². The molecular weight excluding hydrogens is 565 g/mol. The van der Waals surface area contributed by atoms with Gasteiger partial charge in [0, 0.05) is 18.2 Å². The molecule has 1 unspecified atom stereocenters. The highest BCUT2D eigenvalue weighted by molar-refractivity contribution is 5.89. The van der Waals surface area contributed by atoms with Crippen LogP contribution in [0.5, 0.6) is 11.5 Å². The molecule has 0 bridgehead atoms. The van der Waals surface area contributed by atoms with Gasteiger partial charge in [-0.2, -0.15) is 4.80 Å². The van der Waals surface area contributed by atoms with E-state index < -0.39 is 11.9 Å². The van der Waals surface area contributed by atoms with Gasteiger partial charge >= 0.3 is 0 Å². The number of amides is 2. The minimum absolute atomic E-state index is 0.0489. The topological polar surface area (TPSA) is 115 Å². The molecule has 1 N–H and O–H groups in total. The summed E-state index contributed by atoms with van der Waals surface area (Å²) in [4.78, 5) is 33.0. The molecule has 4 rings (SSSR count). The Labute approximate surface area is 258 Å². The fourth-order valence-electron chi connectivity index (χ4n) is 5.66. The van der Waals surface area contributed by atoms with Crippen LogP contribution in [-0.4, -0.2) is 88.3 Å². The molecule has 11 nitrogen and oxygen atoms in total. The smallest absolute Gasteiger partial charge is 0.247 e. The van der Waals surface area contributed by atoms with E-state index >= 15 is 0 Å². The number of ether oxygens (including phenoxy) is 2. The van der Waals surface area contributed by atoms with Crippen molar-refractivity contribution in [3.05, 3.63) is 53.8 Å². The van der Waals surface area contributed by atoms with Crippen molar-refractivity contribution in [1.29, 1.82) is 0 Å². The van der Waals surface area contributed by atoms with E-state index in [1.54, 1.807) is 49.5 Å². The summed E-state index contributed by atoms with van der Waals surface area (Å²) in [6.07, 6.45) is 5.72. The summed E-state index contributed by atoms with van der Waals surface area (Å²) in [6.45, 7) is 6.83. The number of nitrogens with one attached hydrogen (secondary N) is 1. The van der Waals surface area contributed by atoms with Crippen LogP contribution in [0.3, 0.4) is 0 Å². The molecule has 44 heavy (non-hydrogen) atoms. The zero-order valence-corrected chi connectivity index (χ0v) is 26.2. The average Bonchev–Trinajstić information content (AvgIpc) is 3.51. The van der Waals surface area contributed by atoms with Crippen molar-refractivity contribution in [1.82, 2.24) is 35.3 Å². The van der Waals surface area contributed by atoms with Gasteiger partial charge in [-0.1, -0.05) is 45.2 Å². The number of aromatic nitrogens is 4. The number of nitrogens with zero attached hydrogens (tertiary/aromatic N) is 6. The largest absolute Gasteiger partial charge is 0.493 e. The van der Waals surface area contributed by atoms with E-state index in [2.05, 4.69) is 39.5 Å². The van der Waals surface area contributed by atoms with Crippen molar-refractivity contribution in [2.45, 2.75) is 71.0 Å². The molecule has 1 aromatic heterocycles. The molecule has 0 spiro atoms. The summed E-state index contributed by atoms with van der Waals surface area (Å²) in [7, 11) is 3.10. The quantitative estimate of drug-likeness (QED) is 0.272. The summed E-state index contributed by atoms with van der Waals surface area (Å²) in [5.41, 5.74) is 1.20. The van der Waals surface area contributed by atoms with Crippen LogP contribution in [0.2, 0.25) is 0 Å². The van der Waals surface area contributed by atoms with Gasteiger partial charge in [0.15, 0.2) is 11.5 Å². The second-order valence-corrected chi connectivity index (χ2v) is 11.0. The predicted octanol–water partition coefficient (Wildman–Crippen LogP) is 4.25. The molecule has 1 heterocycles. The zero-order chi connectivity index (χ0) is 31.5. The standard InChI is InChI=1S/C32H44FN7O4/c1-5-38(6-2)19-10-20-39(30(23-13-16-25(33)17-14-23)32(42)34-26-11-8-7-9-12-26)29(41)22-40-36-31(35-37-40)24-15-18-27(43-3)28(21-24)44-4/h13-18,21,26,30H,5-12,19-20,22H2,1-4H3,(H,34,42). The summed E-state index contributed by atoms with van der Waals surface area (Å²) >= 11 is 0. The number of tetrazole rings is 1. The minimum Gasteiger partial charge on any atom is -0.493 e. The van der Waals surface area contributed by atoms with E-state index in [4.69, 9.17) is 9.47 Å². The Morgan fingerprint density at radius 1 is 1.00 bits per heavy atom. The highest BCUT2D eigenvalue weighted by atomic mass is 19.1. The Morgan fingerprint density at radius 3 is 2.36 bits per heavy atom. The van der Waals surface area contributed by atoms with Crippen LogP contribution in [0.4, 0.5) is 4.39 Å². The number of benzene rings is 2. The third kappa shape index (κ3) is 8.52. The van der Waals surface area contributed by atoms with Gasteiger partial charge in [0.1, 0.15) is 18.4 Å². The van der Waals surface area contributed by atoms with Crippen LogP contribution in [0.15, 0.2) is 42.5 Å². The molecule has 238 valence electrons. The van der Waals surface area contributed by atoms with E-state index in [0.717, 1.165) is 51.7 Å². The lowest BCUT2D eigenvalue weighted by Crippen LogP contribution is -2.48. The minimum atomic E-state index is -0.935. The Kier molecular flexibility index (Phi) is 12.0. The van der Waals surface area contributed by atoms with E-state index in [9.17, 15) is 14.0 Å². The van der Waals surface area contributed by atoms with Crippen LogP contribution in [-0.2, 0) is 16.1 Å². The van der Waals surface area contributed by atoms with Crippen molar-refractivity contribution < 1.29 is 23.5 Å². The van der Waals surface area contributed by atoms with Crippen molar-refractivity contribution in [2.24, 2.45) is 0 Å². The van der Waals surface area contributed by atoms with E-state index in [0.29, 0.717) is 41.4 Å². The molecule has 1 fully saturated rings. The van der Waals surface area contributed by atoms with Crippen LogP contribution in [0, 0.1) is 5.82 Å². The first-order chi connectivity index (χ1) is 21.4. The van der Waals surface area contributed by atoms with Crippen LogP contribution < -0.4 is 14.8 Å². The number of methoxy groups -OCH3 is 2. The Balaban J connectivity index is 1.61. The molecule has 2 aromatic carbocycles. The third-order valence-corrected chi connectivity index (χ3v) is 8.16. The van der Waals surface area contributed by atoms with Crippen LogP contribution in [0.25, 0.3) is 11.4 Å². The summed E-state index contributed by atoms with van der Waals surface area (Å²) in [5, 5.41) is 15.9. The number of hydrogen-bond donors (Lipinski definition) is 1. The highest BCUT2D eigenvalue weighted by Gasteiger charge is 2.33. The molecule has 1 saturated carbocycles. The van der Waals surface area contributed by atoms with Gasteiger partial charge in [0.05, 0.1) is 14.2 Å². The zero-order valence-electron chi connectivity index (χ0n) is 26.2. The molecule has 3 aromatic rings. The monoisotopic (exact) mass is 609 g/mol. The Bertz CT molecular complexity index is 1360. The first-order valence-electron chi connectivity index (χ1n) is 15.4. The SMILES string of the molecule is CCN(CC)CCCN(C(=O)Cn1nnc(-c2ccc(OC)c(OC)c2)n1)C(C(=O)NC1CCCCC1)c1ccc(F)cc1. The molecular formula is C32H44FN7O4. The number of rotatable bonds is 15. The van der Waals surface area contributed by atoms with Crippen molar-refractivity contribution in [3.8, 4) is 22.9 Å². The Morgan fingerprint density at radius 2 is 1.70 bits per heavy atom. The lowest BCUT2D eigenvalue weighted by Gasteiger charge is -2.34. The lowest BCUT2D eigenvalue weighted by atomic mass is 9.94. The number of carbonyl (C=O) groups is 2. The Hall–Kier alpha value is -4.06. The van der Waals surface area contributed by atoms with Crippen molar-refractivity contribution in [3.63, 3.8) is 0 Å². The van der Waals surface area contributed by atoms with Gasteiger partial charge in [-0.3, -0.25) is 9.59 Å². The van der Waals surface area contributed by atoms with Gasteiger partial charge < -0.3 is 24.6 Å². The van der Waals surface area contributed by atoms with Gasteiger partial charge in [-0.25, -0.2) is 4.39 Å². The summed E-state index contributed by atoms with van der Waals surface area (Å²) in [5.74, 6) is 0.387. The fraction of sp³-hybridized carbons (Fsp3) is 0.531. The summed E-state index contributed by atoms with van der Waals surface area (Å²) in [6, 6.07) is 10.2. The van der Waals surface area contributed by atoms with E-state index in [1.807, 2.05) is 0 Å².